The van der Waals surface area contributed by atoms with Gasteiger partial charge in [0, 0.05) is 0 Å². The third-order valence-corrected chi connectivity index (χ3v) is 2.12. The Bertz CT molecular complexity index is 175. The second-order valence-corrected chi connectivity index (χ2v) is 3.20. The van der Waals surface area contributed by atoms with Crippen molar-refractivity contribution >= 4 is 0 Å². The minimum absolute atomic E-state index is 0.0929. The Morgan fingerprint density at radius 3 is 1.80 bits per heavy atom. The zero-order chi connectivity index (χ0) is 11.5. The van der Waals surface area contributed by atoms with E-state index in [1.807, 2.05) is 0 Å². The molecular weight excluding hydrogens is 192 g/mol. The van der Waals surface area contributed by atoms with E-state index in [9.17, 15) is 0 Å². The molecule has 1 aliphatic carbocycles. The Hall–Kier alpha value is -1.22. The molecule has 0 aromatic heterocycles. The van der Waals surface area contributed by atoms with Crippen molar-refractivity contribution in [2.45, 2.75) is 37.9 Å². The monoisotopic (exact) mass is 212 g/mol. The summed E-state index contributed by atoms with van der Waals surface area (Å²) < 4.78 is 9.54. The fourth-order valence-corrected chi connectivity index (χ4v) is 1.39. The molecule has 0 aliphatic heterocycles. The van der Waals surface area contributed by atoms with Crippen LogP contribution < -0.4 is 0 Å². The number of rotatable bonds is 4. The van der Waals surface area contributed by atoms with Crippen molar-refractivity contribution in [3.63, 3.8) is 0 Å². The van der Waals surface area contributed by atoms with E-state index in [1.54, 1.807) is 0 Å². The highest BCUT2D eigenvalue weighted by Gasteiger charge is 2.18. The van der Waals surface area contributed by atoms with Gasteiger partial charge in [0.05, 0.1) is 31.0 Å². The van der Waals surface area contributed by atoms with E-state index in [0.29, 0.717) is 6.10 Å². The van der Waals surface area contributed by atoms with E-state index >= 15 is 0 Å². The largest absolute Gasteiger partial charge is 0.499 e. The zero-order valence-corrected chi connectivity index (χ0v) is 9.10. The van der Waals surface area contributed by atoms with E-state index in [0.717, 1.165) is 25.7 Å². The van der Waals surface area contributed by atoms with Gasteiger partial charge in [0.1, 0.15) is 0 Å². The Labute approximate surface area is 91.7 Å². The molecule has 0 atom stereocenters. The van der Waals surface area contributed by atoms with Crippen LogP contribution in [0.15, 0.2) is 38.5 Å². The molecule has 0 unspecified atom stereocenters. The Morgan fingerprint density at radius 2 is 1.47 bits per heavy atom. The summed E-state index contributed by atoms with van der Waals surface area (Å²) in [6, 6.07) is 0. The van der Waals surface area contributed by atoms with Crippen molar-refractivity contribution in [3.05, 3.63) is 38.5 Å². The summed E-state index contributed by atoms with van der Waals surface area (Å²) in [5.74, 6) is 0. The number of hydrogen-bond acceptors (Lipinski definition) is 3. The minimum atomic E-state index is -0.0929. The van der Waals surface area contributed by atoms with Crippen LogP contribution in [0.2, 0.25) is 0 Å². The fraction of sp³-hybridized carbons (Fsp3) is 0.500. The molecule has 0 saturated heterocycles. The average molecular weight is 212 g/mol. The lowest BCUT2D eigenvalue weighted by Gasteiger charge is -2.24. The predicted molar refractivity (Wildman–Crippen MR) is 61.0 cm³/mol. The minimum Gasteiger partial charge on any atom is -0.499 e. The summed E-state index contributed by atoms with van der Waals surface area (Å²) >= 11 is 0. The highest BCUT2D eigenvalue weighted by Crippen LogP contribution is 2.20. The molecule has 0 spiro atoms. The molecule has 0 radical (unpaired) electrons. The standard InChI is InChI=1S/C8H14O2.C4H6O/c1-2-10-8-5-3-7(9)4-6-8;1-3-5-4-2/h2,7-9H,1,3-6H2;3-4H,1-2H2. The number of aliphatic hydroxyl groups is 1. The van der Waals surface area contributed by atoms with Gasteiger partial charge in [-0.1, -0.05) is 19.7 Å². The normalized spacial score (nSPS) is 24.1. The Morgan fingerprint density at radius 1 is 0.933 bits per heavy atom. The van der Waals surface area contributed by atoms with Crippen LogP contribution in [-0.4, -0.2) is 17.3 Å². The second-order valence-electron chi connectivity index (χ2n) is 3.20. The lowest BCUT2D eigenvalue weighted by Crippen LogP contribution is -2.22. The molecule has 0 bridgehead atoms. The number of ether oxygens (including phenoxy) is 2. The van der Waals surface area contributed by atoms with Crippen molar-refractivity contribution in [2.24, 2.45) is 0 Å². The maximum atomic E-state index is 9.11. The van der Waals surface area contributed by atoms with Crippen molar-refractivity contribution in [1.82, 2.24) is 0 Å². The van der Waals surface area contributed by atoms with Crippen LogP contribution >= 0.6 is 0 Å². The molecule has 86 valence electrons. The molecule has 0 aromatic rings. The molecule has 0 heterocycles. The van der Waals surface area contributed by atoms with Crippen molar-refractivity contribution in [1.29, 1.82) is 0 Å². The van der Waals surface area contributed by atoms with Gasteiger partial charge in [0.2, 0.25) is 0 Å². The van der Waals surface area contributed by atoms with Crippen LogP contribution in [0.5, 0.6) is 0 Å². The molecule has 3 nitrogen and oxygen atoms in total. The molecule has 1 N–H and O–H groups in total. The summed E-state index contributed by atoms with van der Waals surface area (Å²) in [4.78, 5) is 0. The average Bonchev–Trinajstić information content (AvgIpc) is 2.24. The molecule has 15 heavy (non-hydrogen) atoms. The Balaban J connectivity index is 0.000000336. The number of hydrogen-bond donors (Lipinski definition) is 1. The molecule has 1 saturated carbocycles. The van der Waals surface area contributed by atoms with Crippen molar-refractivity contribution in [2.75, 3.05) is 0 Å². The molecule has 0 amide bonds. The summed E-state index contributed by atoms with van der Waals surface area (Å²) in [5, 5.41) is 9.11. The van der Waals surface area contributed by atoms with Crippen molar-refractivity contribution in [3.8, 4) is 0 Å². The van der Waals surface area contributed by atoms with Gasteiger partial charge in [0.25, 0.3) is 0 Å². The zero-order valence-electron chi connectivity index (χ0n) is 9.10. The fourth-order valence-electron chi connectivity index (χ4n) is 1.39. The van der Waals surface area contributed by atoms with Gasteiger partial charge in [-0.25, -0.2) is 0 Å². The first-order chi connectivity index (χ1) is 7.24. The van der Waals surface area contributed by atoms with Crippen LogP contribution in [0.25, 0.3) is 0 Å². The third kappa shape index (κ3) is 7.82. The smallest absolute Gasteiger partial charge is 0.0980 e. The number of aliphatic hydroxyl groups excluding tert-OH is 1. The first kappa shape index (κ1) is 13.8. The van der Waals surface area contributed by atoms with Crippen LogP contribution in [0.3, 0.4) is 0 Å². The predicted octanol–water partition coefficient (Wildman–Crippen LogP) is 2.74. The summed E-state index contributed by atoms with van der Waals surface area (Å²) in [6.07, 6.45) is 8.00. The van der Waals surface area contributed by atoms with Gasteiger partial charge < -0.3 is 14.6 Å². The van der Waals surface area contributed by atoms with Gasteiger partial charge in [-0.3, -0.25) is 0 Å². The molecule has 1 rings (SSSR count). The quantitative estimate of drug-likeness (QED) is 0.728. The van der Waals surface area contributed by atoms with E-state index in [-0.39, 0.29) is 6.10 Å². The van der Waals surface area contributed by atoms with Crippen LogP contribution in [0.4, 0.5) is 0 Å². The van der Waals surface area contributed by atoms with Crippen LogP contribution in [0.1, 0.15) is 25.7 Å². The maximum Gasteiger partial charge on any atom is 0.0980 e. The highest BCUT2D eigenvalue weighted by atomic mass is 16.5. The second kappa shape index (κ2) is 9.34. The molecular formula is C12H20O3. The van der Waals surface area contributed by atoms with Gasteiger partial charge in [-0.2, -0.15) is 0 Å². The lowest BCUT2D eigenvalue weighted by molar-refractivity contribution is 0.0443. The van der Waals surface area contributed by atoms with Gasteiger partial charge in [0.15, 0.2) is 0 Å². The van der Waals surface area contributed by atoms with Gasteiger partial charge in [-0.15, -0.1) is 0 Å². The third-order valence-electron chi connectivity index (χ3n) is 2.12. The summed E-state index contributed by atoms with van der Waals surface area (Å²) in [5.41, 5.74) is 0. The van der Waals surface area contributed by atoms with E-state index in [4.69, 9.17) is 9.84 Å². The topological polar surface area (TPSA) is 38.7 Å². The SMILES string of the molecule is C=COC1CCC(O)CC1.C=COC=C. The molecule has 1 fully saturated rings. The first-order valence-electron chi connectivity index (χ1n) is 5.06. The molecule has 3 heteroatoms. The highest BCUT2D eigenvalue weighted by molar-refractivity contribution is 4.73. The van der Waals surface area contributed by atoms with Crippen LogP contribution in [-0.2, 0) is 9.47 Å². The summed E-state index contributed by atoms with van der Waals surface area (Å²) in [6.45, 7) is 10.0. The molecule has 1 aliphatic rings. The summed E-state index contributed by atoms with van der Waals surface area (Å²) in [7, 11) is 0. The maximum absolute atomic E-state index is 9.11. The van der Waals surface area contributed by atoms with E-state index < -0.39 is 0 Å². The van der Waals surface area contributed by atoms with Gasteiger partial charge >= 0.3 is 0 Å². The van der Waals surface area contributed by atoms with E-state index in [2.05, 4.69) is 24.5 Å². The first-order valence-corrected chi connectivity index (χ1v) is 5.06. The van der Waals surface area contributed by atoms with Gasteiger partial charge in [-0.05, 0) is 25.7 Å². The molecule has 0 aromatic carbocycles. The van der Waals surface area contributed by atoms with Crippen molar-refractivity contribution < 1.29 is 14.6 Å². The van der Waals surface area contributed by atoms with Crippen LogP contribution in [0, 0.1) is 0 Å². The Kier molecular flexibility index (Phi) is 8.58. The lowest BCUT2D eigenvalue weighted by atomic mass is 9.95. The van der Waals surface area contributed by atoms with E-state index in [1.165, 1.54) is 18.8 Å².